The second-order valence-electron chi connectivity index (χ2n) is 7.80. The normalized spacial score (nSPS) is 13.2. The molecule has 0 aliphatic carbocycles. The Hall–Kier alpha value is -3.49. The van der Waals surface area contributed by atoms with Gasteiger partial charge in [0.1, 0.15) is 6.54 Å². The van der Waals surface area contributed by atoms with E-state index >= 15 is 0 Å². The molecule has 0 aromatic heterocycles. The maximum Gasteiger partial charge on any atom is 0.318 e. The monoisotopic (exact) mass is 464 g/mol. The Labute approximate surface area is 192 Å². The molecule has 33 heavy (non-hydrogen) atoms. The third-order valence-corrected chi connectivity index (χ3v) is 7.53. The molecular weight excluding hydrogens is 440 g/mol. The molecule has 0 bridgehead atoms. The van der Waals surface area contributed by atoms with Gasteiger partial charge >= 0.3 is 5.97 Å². The quantitative estimate of drug-likeness (QED) is 0.551. The van der Waals surface area contributed by atoms with Gasteiger partial charge in [0.15, 0.2) is 0 Å². The highest BCUT2D eigenvalue weighted by Gasteiger charge is 2.29. The van der Waals surface area contributed by atoms with Crippen molar-refractivity contribution in [2.24, 2.45) is 0 Å². The zero-order valence-electron chi connectivity index (χ0n) is 17.9. The van der Waals surface area contributed by atoms with Crippen LogP contribution >= 0.6 is 0 Å². The number of fused-ring (bicyclic) bond motifs is 1. The molecule has 1 amide bonds. The minimum atomic E-state index is -4.09. The van der Waals surface area contributed by atoms with Crippen molar-refractivity contribution in [2.45, 2.75) is 17.7 Å². The second kappa shape index (κ2) is 9.56. The number of aliphatic carboxylic acids is 1. The van der Waals surface area contributed by atoms with Crippen molar-refractivity contribution in [3.63, 3.8) is 0 Å². The summed E-state index contributed by atoms with van der Waals surface area (Å²) in [4.78, 5) is 25.8. The molecule has 0 saturated heterocycles. The second-order valence-corrected chi connectivity index (χ2v) is 9.73. The average Bonchev–Trinajstić information content (AvgIpc) is 3.26. The molecule has 0 spiro atoms. The number of sulfonamides is 1. The molecular formula is C25H24N2O5S. The number of benzene rings is 3. The van der Waals surface area contributed by atoms with E-state index in [0.29, 0.717) is 6.54 Å². The zero-order chi connectivity index (χ0) is 23.4. The molecule has 0 saturated carbocycles. The summed E-state index contributed by atoms with van der Waals surface area (Å²) in [5.41, 5.74) is 3.69. The van der Waals surface area contributed by atoms with Crippen LogP contribution < -0.4 is 4.90 Å². The third-order valence-electron chi connectivity index (χ3n) is 5.67. The summed E-state index contributed by atoms with van der Waals surface area (Å²) in [5, 5.41) is 9.29. The van der Waals surface area contributed by atoms with E-state index < -0.39 is 22.5 Å². The smallest absolute Gasteiger partial charge is 0.318 e. The molecule has 170 valence electrons. The lowest BCUT2D eigenvalue weighted by molar-refractivity contribution is -0.137. The Bertz CT molecular complexity index is 1260. The molecule has 0 atom stereocenters. The Balaban J connectivity index is 1.50. The lowest BCUT2D eigenvalue weighted by atomic mass is 10.1. The number of hydrogen-bond donors (Lipinski definition) is 1. The summed E-state index contributed by atoms with van der Waals surface area (Å²) >= 11 is 0. The van der Waals surface area contributed by atoms with Crippen LogP contribution in [0.4, 0.5) is 5.69 Å². The van der Waals surface area contributed by atoms with E-state index in [-0.39, 0.29) is 23.8 Å². The summed E-state index contributed by atoms with van der Waals surface area (Å²) in [7, 11) is -4.09. The van der Waals surface area contributed by atoms with Gasteiger partial charge in [0, 0.05) is 25.2 Å². The van der Waals surface area contributed by atoms with Crippen LogP contribution in [0.5, 0.6) is 0 Å². The Morgan fingerprint density at radius 3 is 2.21 bits per heavy atom. The van der Waals surface area contributed by atoms with Crippen LogP contribution in [0, 0.1) is 0 Å². The lowest BCUT2D eigenvalue weighted by Crippen LogP contribution is -2.39. The predicted molar refractivity (Wildman–Crippen MR) is 125 cm³/mol. The zero-order valence-corrected chi connectivity index (χ0v) is 18.7. The number of carboxylic acids is 1. The van der Waals surface area contributed by atoms with E-state index in [9.17, 15) is 23.1 Å². The number of anilines is 1. The first-order valence-corrected chi connectivity index (χ1v) is 12.1. The van der Waals surface area contributed by atoms with Gasteiger partial charge < -0.3 is 10.0 Å². The summed E-state index contributed by atoms with van der Waals surface area (Å²) in [6.45, 7) is -0.399. The molecule has 1 heterocycles. The molecule has 1 N–H and O–H groups in total. The van der Waals surface area contributed by atoms with Gasteiger partial charge in [-0.25, -0.2) is 8.42 Å². The minimum Gasteiger partial charge on any atom is -0.480 e. The van der Waals surface area contributed by atoms with Crippen molar-refractivity contribution >= 4 is 27.6 Å². The van der Waals surface area contributed by atoms with Gasteiger partial charge in [-0.15, -0.1) is 0 Å². The van der Waals surface area contributed by atoms with Crippen LogP contribution in [0.3, 0.4) is 0 Å². The van der Waals surface area contributed by atoms with Crippen molar-refractivity contribution in [3.05, 3.63) is 84.4 Å². The predicted octanol–water partition coefficient (Wildman–Crippen LogP) is 3.41. The highest BCUT2D eigenvalue weighted by Crippen LogP contribution is 2.28. The van der Waals surface area contributed by atoms with Crippen molar-refractivity contribution in [1.29, 1.82) is 0 Å². The summed E-state index contributed by atoms with van der Waals surface area (Å²) in [5.74, 6) is -1.51. The number of hydrogen-bond acceptors (Lipinski definition) is 4. The van der Waals surface area contributed by atoms with Gasteiger partial charge in [-0.3, -0.25) is 9.59 Å². The number of carbonyl (C=O) groups is 2. The topological polar surface area (TPSA) is 95.0 Å². The van der Waals surface area contributed by atoms with Gasteiger partial charge in [0.2, 0.25) is 15.9 Å². The Morgan fingerprint density at radius 2 is 1.52 bits per heavy atom. The fraction of sp³-hybridized carbons (Fsp3) is 0.200. The molecule has 1 aliphatic heterocycles. The van der Waals surface area contributed by atoms with Gasteiger partial charge in [0.25, 0.3) is 0 Å². The molecule has 3 aromatic carbocycles. The van der Waals surface area contributed by atoms with Gasteiger partial charge in [-0.05, 0) is 41.3 Å². The van der Waals surface area contributed by atoms with E-state index in [4.69, 9.17) is 0 Å². The van der Waals surface area contributed by atoms with Crippen molar-refractivity contribution in [3.8, 4) is 11.1 Å². The largest absolute Gasteiger partial charge is 0.480 e. The molecule has 7 nitrogen and oxygen atoms in total. The summed E-state index contributed by atoms with van der Waals surface area (Å²) in [6.07, 6.45) is 0.635. The first-order chi connectivity index (χ1) is 15.9. The average molecular weight is 465 g/mol. The SMILES string of the molecule is O=C(O)CN(CCC(=O)N1CCc2ccccc21)S(=O)(=O)c1ccc(-c2ccccc2)cc1. The molecule has 1 aliphatic rings. The standard InChI is InChI=1S/C25H24N2O5S/c28-24(27-17-14-21-8-4-5-9-23(21)27)15-16-26(18-25(29)30)33(31,32)22-12-10-20(11-13-22)19-6-2-1-3-7-19/h1-13H,14-18H2,(H,29,30). The number of para-hydroxylation sites is 1. The fourth-order valence-electron chi connectivity index (χ4n) is 3.99. The molecule has 0 radical (unpaired) electrons. The first kappa shape index (κ1) is 22.7. The van der Waals surface area contributed by atoms with Crippen LogP contribution in [0.1, 0.15) is 12.0 Å². The maximum atomic E-state index is 13.2. The first-order valence-electron chi connectivity index (χ1n) is 10.6. The van der Waals surface area contributed by atoms with Crippen molar-refractivity contribution in [1.82, 2.24) is 4.31 Å². The number of nitrogens with zero attached hydrogens (tertiary/aromatic N) is 2. The van der Waals surface area contributed by atoms with E-state index in [1.54, 1.807) is 17.0 Å². The van der Waals surface area contributed by atoms with Crippen LogP contribution in [0.2, 0.25) is 0 Å². The van der Waals surface area contributed by atoms with Crippen LogP contribution in [-0.2, 0) is 26.0 Å². The van der Waals surface area contributed by atoms with E-state index in [0.717, 1.165) is 33.1 Å². The number of carbonyl (C=O) groups excluding carboxylic acids is 1. The van der Waals surface area contributed by atoms with Crippen LogP contribution in [0.25, 0.3) is 11.1 Å². The van der Waals surface area contributed by atoms with Crippen LogP contribution in [-0.4, -0.2) is 49.3 Å². The number of amides is 1. The number of rotatable bonds is 8. The Kier molecular flexibility index (Phi) is 6.57. The van der Waals surface area contributed by atoms with E-state index in [1.807, 2.05) is 54.6 Å². The Morgan fingerprint density at radius 1 is 0.879 bits per heavy atom. The van der Waals surface area contributed by atoms with Crippen LogP contribution in [0.15, 0.2) is 83.8 Å². The minimum absolute atomic E-state index is 0.0117. The number of carboxylic acid groups (broad SMARTS) is 1. The molecule has 8 heteroatoms. The highest BCUT2D eigenvalue weighted by molar-refractivity contribution is 7.89. The van der Waals surface area contributed by atoms with E-state index in [2.05, 4.69) is 0 Å². The molecule has 3 aromatic rings. The highest BCUT2D eigenvalue weighted by atomic mass is 32.2. The van der Waals surface area contributed by atoms with Crippen molar-refractivity contribution < 1.29 is 23.1 Å². The third kappa shape index (κ3) is 4.97. The molecule has 4 rings (SSSR count). The maximum absolute atomic E-state index is 13.2. The summed E-state index contributed by atoms with van der Waals surface area (Å²) in [6, 6.07) is 23.4. The summed E-state index contributed by atoms with van der Waals surface area (Å²) < 4.78 is 27.2. The van der Waals surface area contributed by atoms with E-state index in [1.165, 1.54) is 12.1 Å². The molecule has 0 fully saturated rings. The van der Waals surface area contributed by atoms with Gasteiger partial charge in [0.05, 0.1) is 4.90 Å². The fourth-order valence-corrected chi connectivity index (χ4v) is 5.38. The van der Waals surface area contributed by atoms with Gasteiger partial charge in [-0.1, -0.05) is 60.7 Å². The van der Waals surface area contributed by atoms with Crippen molar-refractivity contribution in [2.75, 3.05) is 24.5 Å². The lowest BCUT2D eigenvalue weighted by Gasteiger charge is -2.22. The molecule has 0 unspecified atom stereocenters. The van der Waals surface area contributed by atoms with Gasteiger partial charge in [-0.2, -0.15) is 4.31 Å².